The van der Waals surface area contributed by atoms with E-state index in [0.717, 1.165) is 6.07 Å². The van der Waals surface area contributed by atoms with Gasteiger partial charge in [-0.25, -0.2) is 13.6 Å². The van der Waals surface area contributed by atoms with E-state index in [0.29, 0.717) is 12.5 Å². The van der Waals surface area contributed by atoms with E-state index in [9.17, 15) is 18.4 Å². The molecule has 0 aliphatic rings. The highest BCUT2D eigenvalue weighted by atomic mass is 19.1. The highest BCUT2D eigenvalue weighted by molar-refractivity contribution is 5.94. The van der Waals surface area contributed by atoms with Gasteiger partial charge in [0, 0.05) is 6.07 Å². The first-order valence-electron chi connectivity index (χ1n) is 5.53. The molecule has 0 saturated carbocycles. The van der Waals surface area contributed by atoms with Crippen LogP contribution in [-0.4, -0.2) is 25.0 Å². The van der Waals surface area contributed by atoms with E-state index in [1.54, 1.807) is 6.92 Å². The molecule has 1 rings (SSSR count). The number of primary amides is 1. The number of anilines is 1. The summed E-state index contributed by atoms with van der Waals surface area (Å²) in [4.78, 5) is 22.3. The average molecular weight is 272 g/mol. The summed E-state index contributed by atoms with van der Waals surface area (Å²) >= 11 is 0. The first-order chi connectivity index (χ1) is 8.90. The molecule has 1 atom stereocenters. The van der Waals surface area contributed by atoms with Gasteiger partial charge >= 0.3 is 5.97 Å². The molecule has 1 amide bonds. The van der Waals surface area contributed by atoms with Crippen molar-refractivity contribution in [2.75, 3.05) is 12.4 Å². The van der Waals surface area contributed by atoms with Crippen LogP contribution in [0.5, 0.6) is 0 Å². The first kappa shape index (κ1) is 14.9. The molecule has 0 bridgehead atoms. The minimum atomic E-state index is -1.05. The molecule has 1 aromatic rings. The lowest BCUT2D eigenvalue weighted by atomic mass is 10.1. The van der Waals surface area contributed by atoms with Gasteiger partial charge in [-0.1, -0.05) is 6.92 Å². The van der Waals surface area contributed by atoms with Crippen molar-refractivity contribution in [3.63, 3.8) is 0 Å². The van der Waals surface area contributed by atoms with Crippen LogP contribution in [0.2, 0.25) is 0 Å². The van der Waals surface area contributed by atoms with Crippen LogP contribution >= 0.6 is 0 Å². The Labute approximate surface area is 108 Å². The van der Waals surface area contributed by atoms with Gasteiger partial charge in [-0.2, -0.15) is 0 Å². The third-order valence-electron chi connectivity index (χ3n) is 2.55. The molecule has 0 spiro atoms. The van der Waals surface area contributed by atoms with Gasteiger partial charge < -0.3 is 15.8 Å². The second-order valence-electron chi connectivity index (χ2n) is 3.80. The number of rotatable bonds is 5. The first-order valence-corrected chi connectivity index (χ1v) is 5.53. The van der Waals surface area contributed by atoms with E-state index in [-0.39, 0.29) is 5.69 Å². The van der Waals surface area contributed by atoms with E-state index in [4.69, 9.17) is 5.73 Å². The van der Waals surface area contributed by atoms with Crippen LogP contribution in [0.1, 0.15) is 23.7 Å². The molecule has 0 heterocycles. The number of esters is 1. The number of hydrogen-bond donors (Lipinski definition) is 2. The number of carbonyl (C=O) groups is 2. The average Bonchev–Trinajstić information content (AvgIpc) is 2.36. The number of nitrogens with two attached hydrogens (primary N) is 1. The van der Waals surface area contributed by atoms with Crippen LogP contribution in [0.4, 0.5) is 14.5 Å². The Bertz CT molecular complexity index is 506. The van der Waals surface area contributed by atoms with Crippen LogP contribution in [0.25, 0.3) is 0 Å². The van der Waals surface area contributed by atoms with Gasteiger partial charge in [0.25, 0.3) is 5.91 Å². The third-order valence-corrected chi connectivity index (χ3v) is 2.55. The number of ether oxygens (including phenoxy) is 1. The molecule has 0 saturated heterocycles. The summed E-state index contributed by atoms with van der Waals surface area (Å²) in [5.41, 5.74) is 4.32. The number of hydrogen-bond acceptors (Lipinski definition) is 4. The summed E-state index contributed by atoms with van der Waals surface area (Å²) in [5, 5.41) is 2.55. The summed E-state index contributed by atoms with van der Waals surface area (Å²) in [7, 11) is 1.20. The zero-order chi connectivity index (χ0) is 14.6. The maximum atomic E-state index is 13.6. The van der Waals surface area contributed by atoms with Crippen molar-refractivity contribution in [2.24, 2.45) is 5.73 Å². The SMILES string of the molecule is CCC(Nc1cc(C(N)=O)c(F)cc1F)C(=O)OC. The molecule has 1 unspecified atom stereocenters. The van der Waals surface area contributed by atoms with Crippen LogP contribution in [-0.2, 0) is 9.53 Å². The molecule has 19 heavy (non-hydrogen) atoms. The van der Waals surface area contributed by atoms with E-state index in [1.165, 1.54) is 7.11 Å². The largest absolute Gasteiger partial charge is 0.467 e. The van der Waals surface area contributed by atoms with Crippen LogP contribution < -0.4 is 11.1 Å². The van der Waals surface area contributed by atoms with Gasteiger partial charge in [0.2, 0.25) is 0 Å². The normalized spacial score (nSPS) is 11.8. The number of halogens is 2. The molecule has 1 aromatic carbocycles. The number of carbonyl (C=O) groups excluding carboxylic acids is 2. The molecular weight excluding hydrogens is 258 g/mol. The minimum Gasteiger partial charge on any atom is -0.467 e. The Kier molecular flexibility index (Phi) is 4.80. The predicted molar refractivity (Wildman–Crippen MR) is 64.6 cm³/mol. The summed E-state index contributed by atoms with van der Waals surface area (Å²) in [5.74, 6) is -3.59. The highest BCUT2D eigenvalue weighted by Gasteiger charge is 2.20. The highest BCUT2D eigenvalue weighted by Crippen LogP contribution is 2.20. The molecule has 0 aliphatic heterocycles. The van der Waals surface area contributed by atoms with E-state index < -0.39 is 35.1 Å². The maximum Gasteiger partial charge on any atom is 0.328 e. The second kappa shape index (κ2) is 6.12. The molecule has 5 nitrogen and oxygen atoms in total. The molecule has 0 aliphatic carbocycles. The van der Waals surface area contributed by atoms with Gasteiger partial charge in [-0.15, -0.1) is 0 Å². The fraction of sp³-hybridized carbons (Fsp3) is 0.333. The standard InChI is InChI=1S/C12H14F2N2O3/c1-3-9(12(18)19-2)16-10-4-6(11(15)17)7(13)5-8(10)14/h4-5,9,16H,3H2,1-2H3,(H2,15,17). The summed E-state index contributed by atoms with van der Waals surface area (Å²) in [6.07, 6.45) is 0.329. The number of methoxy groups -OCH3 is 1. The molecule has 7 heteroatoms. The number of amides is 1. The van der Waals surface area contributed by atoms with Crippen molar-refractivity contribution in [1.82, 2.24) is 0 Å². The molecule has 0 aromatic heterocycles. The van der Waals surface area contributed by atoms with Gasteiger partial charge in [0.15, 0.2) is 0 Å². The van der Waals surface area contributed by atoms with Crippen LogP contribution in [0.15, 0.2) is 12.1 Å². The van der Waals surface area contributed by atoms with Crippen LogP contribution in [0, 0.1) is 11.6 Å². The van der Waals surface area contributed by atoms with Gasteiger partial charge in [-0.05, 0) is 12.5 Å². The Balaban J connectivity index is 3.10. The van der Waals surface area contributed by atoms with Crippen molar-refractivity contribution < 1.29 is 23.1 Å². The lowest BCUT2D eigenvalue weighted by Crippen LogP contribution is -2.30. The van der Waals surface area contributed by atoms with Gasteiger partial charge in [0.05, 0.1) is 18.4 Å². The zero-order valence-electron chi connectivity index (χ0n) is 10.5. The Morgan fingerprint density at radius 1 is 1.37 bits per heavy atom. The Morgan fingerprint density at radius 3 is 2.47 bits per heavy atom. The maximum absolute atomic E-state index is 13.6. The molecule has 3 N–H and O–H groups in total. The summed E-state index contributed by atoms with van der Waals surface area (Å²) in [6.45, 7) is 1.69. The third kappa shape index (κ3) is 3.40. The predicted octanol–water partition coefficient (Wildman–Crippen LogP) is 1.43. The van der Waals surface area contributed by atoms with Gasteiger partial charge in [-0.3, -0.25) is 4.79 Å². The van der Waals surface area contributed by atoms with Crippen molar-refractivity contribution in [3.8, 4) is 0 Å². The van der Waals surface area contributed by atoms with Crippen molar-refractivity contribution in [2.45, 2.75) is 19.4 Å². The molecule has 104 valence electrons. The second-order valence-corrected chi connectivity index (χ2v) is 3.80. The molecular formula is C12H14F2N2O3. The van der Waals surface area contributed by atoms with Crippen molar-refractivity contribution in [1.29, 1.82) is 0 Å². The molecule has 0 fully saturated rings. The summed E-state index contributed by atoms with van der Waals surface area (Å²) < 4.78 is 31.3. The zero-order valence-corrected chi connectivity index (χ0v) is 10.5. The Morgan fingerprint density at radius 2 is 2.00 bits per heavy atom. The van der Waals surface area contributed by atoms with E-state index >= 15 is 0 Å². The fourth-order valence-corrected chi connectivity index (χ4v) is 1.51. The topological polar surface area (TPSA) is 81.4 Å². The fourth-order valence-electron chi connectivity index (χ4n) is 1.51. The van der Waals surface area contributed by atoms with Gasteiger partial charge in [0.1, 0.15) is 17.7 Å². The van der Waals surface area contributed by atoms with Crippen molar-refractivity contribution >= 4 is 17.6 Å². The lowest BCUT2D eigenvalue weighted by molar-refractivity contribution is -0.141. The van der Waals surface area contributed by atoms with E-state index in [1.807, 2.05) is 0 Å². The number of nitrogens with one attached hydrogen (secondary N) is 1. The molecule has 0 radical (unpaired) electrons. The van der Waals surface area contributed by atoms with Crippen molar-refractivity contribution in [3.05, 3.63) is 29.3 Å². The Hall–Kier alpha value is -2.18. The lowest BCUT2D eigenvalue weighted by Gasteiger charge is -2.16. The smallest absolute Gasteiger partial charge is 0.328 e. The summed E-state index contributed by atoms with van der Waals surface area (Å²) in [6, 6.07) is 0.663. The minimum absolute atomic E-state index is 0.188. The van der Waals surface area contributed by atoms with Crippen LogP contribution in [0.3, 0.4) is 0 Å². The quantitative estimate of drug-likeness (QED) is 0.794. The monoisotopic (exact) mass is 272 g/mol. The number of benzene rings is 1. The van der Waals surface area contributed by atoms with E-state index in [2.05, 4.69) is 10.1 Å².